The van der Waals surface area contributed by atoms with E-state index in [-0.39, 0.29) is 10.8 Å². The molecule has 3 aromatic rings. The van der Waals surface area contributed by atoms with Gasteiger partial charge in [0.1, 0.15) is 0 Å². The molecule has 0 amide bonds. The molecule has 0 N–H and O–H groups in total. The quantitative estimate of drug-likeness (QED) is 0.226. The van der Waals surface area contributed by atoms with Gasteiger partial charge in [0, 0.05) is 4.92 Å². The van der Waals surface area contributed by atoms with Gasteiger partial charge in [-0.2, -0.15) is 8.42 Å². The molecule has 0 fully saturated rings. The SMILES string of the molecule is CO/C(=N\S(=O)(=O)c1ccccc1)[C@H](c1ccccc1)[C@H](C[N+](=O)[O-])c1ccccc1. The Morgan fingerprint density at radius 2 is 1.39 bits per heavy atom. The van der Waals surface area contributed by atoms with Crippen molar-refractivity contribution >= 4 is 15.9 Å². The normalized spacial score (nSPS) is 13.9. The zero-order valence-corrected chi connectivity index (χ0v) is 17.7. The van der Waals surface area contributed by atoms with E-state index < -0.39 is 33.3 Å². The molecular weight excluding hydrogens is 416 g/mol. The molecule has 0 heterocycles. The van der Waals surface area contributed by atoms with Gasteiger partial charge in [-0.1, -0.05) is 78.9 Å². The average molecular weight is 439 g/mol. The Bertz CT molecular complexity index is 1130. The third-order valence-electron chi connectivity index (χ3n) is 4.86. The van der Waals surface area contributed by atoms with Crippen molar-refractivity contribution in [1.29, 1.82) is 0 Å². The summed E-state index contributed by atoms with van der Waals surface area (Å²) in [6, 6.07) is 25.7. The van der Waals surface area contributed by atoms with Gasteiger partial charge in [0.15, 0.2) is 0 Å². The summed E-state index contributed by atoms with van der Waals surface area (Å²) in [6.45, 7) is -0.419. The molecule has 0 radical (unpaired) electrons. The standard InChI is InChI=1S/C23H22N2O5S/c1-30-23(24-31(28,29)20-15-9-4-10-16-20)22(19-13-7-3-8-14-19)21(17-25(26)27)18-11-5-2-6-12-18/h2-16,21-22H,17H2,1H3/b24-23-/t21-,22-/m1/s1. The highest BCUT2D eigenvalue weighted by Crippen LogP contribution is 2.35. The van der Waals surface area contributed by atoms with Gasteiger partial charge in [-0.3, -0.25) is 10.1 Å². The summed E-state index contributed by atoms with van der Waals surface area (Å²) < 4.78 is 35.3. The lowest BCUT2D eigenvalue weighted by Crippen LogP contribution is -2.28. The van der Waals surface area contributed by atoms with Crippen LogP contribution < -0.4 is 0 Å². The molecule has 0 aromatic heterocycles. The molecule has 7 nitrogen and oxygen atoms in total. The molecule has 0 saturated carbocycles. The number of rotatable bonds is 8. The molecule has 3 rings (SSSR count). The van der Waals surface area contributed by atoms with Crippen LogP contribution in [0.2, 0.25) is 0 Å². The van der Waals surface area contributed by atoms with Crippen molar-refractivity contribution < 1.29 is 18.1 Å². The van der Waals surface area contributed by atoms with Crippen LogP contribution in [0.3, 0.4) is 0 Å². The molecular formula is C23H22N2O5S. The molecule has 0 aliphatic heterocycles. The molecule has 160 valence electrons. The van der Waals surface area contributed by atoms with E-state index in [9.17, 15) is 18.5 Å². The van der Waals surface area contributed by atoms with Gasteiger partial charge in [-0.25, -0.2) is 0 Å². The molecule has 0 aliphatic rings. The predicted octanol–water partition coefficient (Wildman–Crippen LogP) is 4.26. The molecule has 0 bridgehead atoms. The molecule has 0 spiro atoms. The monoisotopic (exact) mass is 438 g/mol. The van der Waals surface area contributed by atoms with Crippen LogP contribution in [-0.2, 0) is 14.8 Å². The van der Waals surface area contributed by atoms with Gasteiger partial charge in [-0.05, 0) is 23.3 Å². The lowest BCUT2D eigenvalue weighted by Gasteiger charge is -2.25. The maximum Gasteiger partial charge on any atom is 0.285 e. The second kappa shape index (κ2) is 9.99. The maximum atomic E-state index is 12.9. The van der Waals surface area contributed by atoms with Crippen molar-refractivity contribution in [3.8, 4) is 0 Å². The van der Waals surface area contributed by atoms with Crippen LogP contribution in [0.25, 0.3) is 0 Å². The van der Waals surface area contributed by atoms with Crippen LogP contribution in [0.15, 0.2) is 100 Å². The predicted molar refractivity (Wildman–Crippen MR) is 118 cm³/mol. The second-order valence-electron chi connectivity index (χ2n) is 6.84. The summed E-state index contributed by atoms with van der Waals surface area (Å²) in [6.07, 6.45) is 0. The number of nitro groups is 1. The molecule has 0 unspecified atom stereocenters. The summed E-state index contributed by atoms with van der Waals surface area (Å²) >= 11 is 0. The van der Waals surface area contributed by atoms with Crippen LogP contribution in [0, 0.1) is 10.1 Å². The summed E-state index contributed by atoms with van der Waals surface area (Å²) in [4.78, 5) is 11.1. The summed E-state index contributed by atoms with van der Waals surface area (Å²) in [5.74, 6) is -1.58. The van der Waals surface area contributed by atoms with E-state index in [1.807, 2.05) is 12.1 Å². The van der Waals surface area contributed by atoms with Crippen molar-refractivity contribution in [2.24, 2.45) is 4.40 Å². The van der Waals surface area contributed by atoms with Crippen LogP contribution in [0.1, 0.15) is 23.0 Å². The Morgan fingerprint density at radius 3 is 1.87 bits per heavy atom. The van der Waals surface area contributed by atoms with Crippen LogP contribution in [-0.4, -0.2) is 32.9 Å². The number of hydrogen-bond donors (Lipinski definition) is 0. The van der Waals surface area contributed by atoms with Crippen LogP contribution >= 0.6 is 0 Å². The minimum atomic E-state index is -4.08. The molecule has 0 saturated heterocycles. The van der Waals surface area contributed by atoms with E-state index in [1.165, 1.54) is 19.2 Å². The molecule has 2 atom stereocenters. The first-order valence-electron chi connectivity index (χ1n) is 9.58. The fraction of sp³-hybridized carbons (Fsp3) is 0.174. The molecule has 31 heavy (non-hydrogen) atoms. The Hall–Kier alpha value is -3.52. The van der Waals surface area contributed by atoms with E-state index in [0.29, 0.717) is 11.1 Å². The van der Waals surface area contributed by atoms with Crippen molar-refractivity contribution in [3.05, 3.63) is 112 Å². The number of methoxy groups -OCH3 is 1. The highest BCUT2D eigenvalue weighted by atomic mass is 32.2. The first kappa shape index (κ1) is 22.2. The molecule has 8 heteroatoms. The first-order chi connectivity index (χ1) is 14.9. The topological polar surface area (TPSA) is 98.9 Å². The minimum Gasteiger partial charge on any atom is -0.483 e. The number of sulfonamides is 1. The molecule has 3 aromatic carbocycles. The Labute approximate surface area is 181 Å². The Balaban J connectivity index is 2.18. The smallest absolute Gasteiger partial charge is 0.285 e. The Morgan fingerprint density at radius 1 is 0.903 bits per heavy atom. The lowest BCUT2D eigenvalue weighted by atomic mass is 9.81. The van der Waals surface area contributed by atoms with Crippen molar-refractivity contribution in [1.82, 2.24) is 0 Å². The van der Waals surface area contributed by atoms with Crippen LogP contribution in [0.5, 0.6) is 0 Å². The average Bonchev–Trinajstić information content (AvgIpc) is 2.79. The number of ether oxygens (including phenoxy) is 1. The van der Waals surface area contributed by atoms with Crippen molar-refractivity contribution in [2.75, 3.05) is 13.7 Å². The number of nitrogens with zero attached hydrogens (tertiary/aromatic N) is 2. The van der Waals surface area contributed by atoms with Gasteiger partial charge in [-0.15, -0.1) is 4.40 Å². The van der Waals surface area contributed by atoms with Crippen molar-refractivity contribution in [3.63, 3.8) is 0 Å². The van der Waals surface area contributed by atoms with Gasteiger partial charge < -0.3 is 4.74 Å². The summed E-state index contributed by atoms with van der Waals surface area (Å²) in [5.41, 5.74) is 1.36. The van der Waals surface area contributed by atoms with Gasteiger partial charge >= 0.3 is 0 Å². The van der Waals surface area contributed by atoms with Gasteiger partial charge in [0.05, 0.1) is 23.8 Å². The number of hydrogen-bond acceptors (Lipinski definition) is 5. The number of benzene rings is 3. The summed E-state index contributed by atoms with van der Waals surface area (Å²) in [5, 5.41) is 11.5. The highest BCUT2D eigenvalue weighted by Gasteiger charge is 2.35. The van der Waals surface area contributed by atoms with Crippen LogP contribution in [0.4, 0.5) is 0 Å². The highest BCUT2D eigenvalue weighted by molar-refractivity contribution is 7.90. The molecule has 0 aliphatic carbocycles. The van der Waals surface area contributed by atoms with E-state index in [1.54, 1.807) is 66.7 Å². The van der Waals surface area contributed by atoms with E-state index in [0.717, 1.165) is 0 Å². The van der Waals surface area contributed by atoms with E-state index >= 15 is 0 Å². The third kappa shape index (κ3) is 5.55. The fourth-order valence-electron chi connectivity index (χ4n) is 3.46. The largest absolute Gasteiger partial charge is 0.483 e. The van der Waals surface area contributed by atoms with E-state index in [4.69, 9.17) is 4.74 Å². The zero-order valence-electron chi connectivity index (χ0n) is 16.9. The van der Waals surface area contributed by atoms with Gasteiger partial charge in [0.2, 0.25) is 12.4 Å². The maximum absolute atomic E-state index is 12.9. The fourth-order valence-corrected chi connectivity index (χ4v) is 4.49. The van der Waals surface area contributed by atoms with Gasteiger partial charge in [0.25, 0.3) is 10.0 Å². The lowest BCUT2D eigenvalue weighted by molar-refractivity contribution is -0.483. The van der Waals surface area contributed by atoms with E-state index in [2.05, 4.69) is 4.40 Å². The Kier molecular flexibility index (Phi) is 7.15. The minimum absolute atomic E-state index is 0.0156. The zero-order chi connectivity index (χ0) is 22.3. The summed E-state index contributed by atoms with van der Waals surface area (Å²) in [7, 11) is -2.75. The second-order valence-corrected chi connectivity index (χ2v) is 8.45. The first-order valence-corrected chi connectivity index (χ1v) is 11.0. The van der Waals surface area contributed by atoms with Crippen molar-refractivity contribution in [2.45, 2.75) is 16.7 Å². The third-order valence-corrected chi connectivity index (χ3v) is 6.15.